The van der Waals surface area contributed by atoms with E-state index >= 15 is 0 Å². The quantitative estimate of drug-likeness (QED) is 0.560. The standard InChI is InChI=1S/C4H9NO.C2H5NO2/c1-3(2)4(5)6;1-5-2(3)4/h3H,1-2H3,(H2,5,6);1H3,(H2,3,4). The fraction of sp³-hybridized carbons (Fsp3) is 0.667. The van der Waals surface area contributed by atoms with Gasteiger partial charge in [0.25, 0.3) is 0 Å². The number of hydrogen-bond acceptors (Lipinski definition) is 3. The van der Waals surface area contributed by atoms with Crippen LogP contribution >= 0.6 is 0 Å². The highest BCUT2D eigenvalue weighted by molar-refractivity contribution is 5.75. The summed E-state index contributed by atoms with van der Waals surface area (Å²) in [4.78, 5) is 19.3. The molecule has 0 aliphatic heterocycles. The molecule has 0 saturated heterocycles. The zero-order valence-electron chi connectivity index (χ0n) is 6.96. The molecule has 0 rings (SSSR count). The van der Waals surface area contributed by atoms with Crippen molar-refractivity contribution < 1.29 is 14.3 Å². The molecule has 0 aromatic rings. The second-order valence-corrected chi connectivity index (χ2v) is 2.08. The van der Waals surface area contributed by atoms with Crippen LogP contribution in [0.4, 0.5) is 4.79 Å². The summed E-state index contributed by atoms with van der Waals surface area (Å²) >= 11 is 0. The van der Waals surface area contributed by atoms with Crippen molar-refractivity contribution in [2.45, 2.75) is 13.8 Å². The minimum absolute atomic E-state index is 0.00926. The first-order valence-corrected chi connectivity index (χ1v) is 3.04. The molecule has 66 valence electrons. The second-order valence-electron chi connectivity index (χ2n) is 2.08. The van der Waals surface area contributed by atoms with Gasteiger partial charge in [-0.05, 0) is 0 Å². The van der Waals surface area contributed by atoms with Gasteiger partial charge in [0.2, 0.25) is 5.91 Å². The molecule has 11 heavy (non-hydrogen) atoms. The zero-order chi connectivity index (χ0) is 9.44. The van der Waals surface area contributed by atoms with E-state index in [-0.39, 0.29) is 11.8 Å². The molecule has 0 radical (unpaired) electrons. The van der Waals surface area contributed by atoms with Gasteiger partial charge in [0.15, 0.2) is 0 Å². The lowest BCUT2D eigenvalue weighted by atomic mass is 10.2. The van der Waals surface area contributed by atoms with Gasteiger partial charge in [-0.1, -0.05) is 13.8 Å². The van der Waals surface area contributed by atoms with Crippen molar-refractivity contribution in [3.63, 3.8) is 0 Å². The van der Waals surface area contributed by atoms with Gasteiger partial charge in [0.1, 0.15) is 0 Å². The molecular weight excluding hydrogens is 148 g/mol. The Kier molecular flexibility index (Phi) is 7.74. The lowest BCUT2D eigenvalue weighted by Crippen LogP contribution is -2.17. The Balaban J connectivity index is 0. The molecule has 0 aliphatic rings. The van der Waals surface area contributed by atoms with Gasteiger partial charge >= 0.3 is 6.09 Å². The average molecular weight is 162 g/mol. The highest BCUT2D eigenvalue weighted by Gasteiger charge is 1.96. The summed E-state index contributed by atoms with van der Waals surface area (Å²) in [7, 11) is 1.22. The van der Waals surface area contributed by atoms with Crippen LogP contribution in [0.3, 0.4) is 0 Å². The molecule has 0 saturated carbocycles. The van der Waals surface area contributed by atoms with Gasteiger partial charge in [-0.15, -0.1) is 0 Å². The van der Waals surface area contributed by atoms with Gasteiger partial charge in [0, 0.05) is 5.92 Å². The van der Waals surface area contributed by atoms with E-state index in [2.05, 4.69) is 10.5 Å². The lowest BCUT2D eigenvalue weighted by Gasteiger charge is -1.90. The predicted octanol–water partition coefficient (Wildman–Crippen LogP) is -0.161. The summed E-state index contributed by atoms with van der Waals surface area (Å²) in [6.45, 7) is 3.53. The molecule has 0 atom stereocenters. The fourth-order valence-electron chi connectivity index (χ4n) is 0. The van der Waals surface area contributed by atoms with Gasteiger partial charge < -0.3 is 16.2 Å². The Bertz CT molecular complexity index is 134. The third-order valence-corrected chi connectivity index (χ3v) is 0.770. The molecule has 5 nitrogen and oxygen atoms in total. The van der Waals surface area contributed by atoms with Crippen molar-refractivity contribution in [3.05, 3.63) is 0 Å². The SMILES string of the molecule is CC(C)C(N)=O.COC(N)=O. The summed E-state index contributed by atoms with van der Waals surface area (Å²) in [5, 5.41) is 0. The van der Waals surface area contributed by atoms with Crippen molar-refractivity contribution in [3.8, 4) is 0 Å². The summed E-state index contributed by atoms with van der Waals surface area (Å²) < 4.78 is 3.89. The van der Waals surface area contributed by atoms with Gasteiger partial charge in [-0.25, -0.2) is 4.79 Å². The summed E-state index contributed by atoms with van der Waals surface area (Å²) in [5.74, 6) is -0.250. The van der Waals surface area contributed by atoms with Crippen molar-refractivity contribution in [2.75, 3.05) is 7.11 Å². The van der Waals surface area contributed by atoms with Crippen LogP contribution in [0.2, 0.25) is 0 Å². The molecule has 0 bridgehead atoms. The van der Waals surface area contributed by atoms with Gasteiger partial charge in [-0.2, -0.15) is 0 Å². The van der Waals surface area contributed by atoms with Crippen LogP contribution in [-0.4, -0.2) is 19.1 Å². The van der Waals surface area contributed by atoms with Crippen molar-refractivity contribution in [2.24, 2.45) is 17.4 Å². The maximum atomic E-state index is 9.92. The molecule has 0 aromatic heterocycles. The number of ether oxygens (including phenoxy) is 1. The number of carbonyl (C=O) groups excluding carboxylic acids is 2. The first-order chi connectivity index (χ1) is 4.91. The molecule has 0 spiro atoms. The first-order valence-electron chi connectivity index (χ1n) is 3.04. The van der Waals surface area contributed by atoms with E-state index in [1.54, 1.807) is 13.8 Å². The normalized spacial score (nSPS) is 8.00. The smallest absolute Gasteiger partial charge is 0.404 e. The molecule has 0 unspecified atom stereocenters. The Morgan fingerprint density at radius 1 is 1.27 bits per heavy atom. The Morgan fingerprint density at radius 3 is 1.45 bits per heavy atom. The molecule has 0 heterocycles. The fourth-order valence-corrected chi connectivity index (χ4v) is 0. The van der Waals surface area contributed by atoms with Crippen LogP contribution in [0.15, 0.2) is 0 Å². The highest BCUT2D eigenvalue weighted by Crippen LogP contribution is 1.84. The minimum atomic E-state index is -0.745. The first kappa shape index (κ1) is 12.4. The van der Waals surface area contributed by atoms with E-state index in [4.69, 9.17) is 5.73 Å². The van der Waals surface area contributed by atoms with Gasteiger partial charge in [0.05, 0.1) is 7.11 Å². The molecule has 0 aliphatic carbocycles. The van der Waals surface area contributed by atoms with Gasteiger partial charge in [-0.3, -0.25) is 4.79 Å². The minimum Gasteiger partial charge on any atom is -0.453 e. The number of hydrogen-bond donors (Lipinski definition) is 2. The second kappa shape index (κ2) is 6.85. The van der Waals surface area contributed by atoms with E-state index in [9.17, 15) is 9.59 Å². The van der Waals surface area contributed by atoms with E-state index in [0.717, 1.165) is 0 Å². The third kappa shape index (κ3) is 17.7. The Labute approximate surface area is 65.7 Å². The Hall–Kier alpha value is -1.26. The average Bonchev–Trinajstić information content (AvgIpc) is 1.89. The monoisotopic (exact) mass is 162 g/mol. The highest BCUT2D eigenvalue weighted by atomic mass is 16.5. The van der Waals surface area contributed by atoms with E-state index in [1.807, 2.05) is 0 Å². The molecular formula is C6H14N2O3. The molecule has 2 amide bonds. The van der Waals surface area contributed by atoms with E-state index in [0.29, 0.717) is 0 Å². The summed E-state index contributed by atoms with van der Waals surface area (Å²) in [6, 6.07) is 0. The Morgan fingerprint density at radius 2 is 1.45 bits per heavy atom. The predicted molar refractivity (Wildman–Crippen MR) is 40.6 cm³/mol. The van der Waals surface area contributed by atoms with E-state index < -0.39 is 6.09 Å². The summed E-state index contributed by atoms with van der Waals surface area (Å²) in [5.41, 5.74) is 9.23. The van der Waals surface area contributed by atoms with Crippen molar-refractivity contribution in [1.29, 1.82) is 0 Å². The number of amides is 2. The topological polar surface area (TPSA) is 95.4 Å². The largest absolute Gasteiger partial charge is 0.453 e. The van der Waals surface area contributed by atoms with Crippen LogP contribution < -0.4 is 11.5 Å². The number of nitrogens with two attached hydrogens (primary N) is 2. The molecule has 4 N–H and O–H groups in total. The van der Waals surface area contributed by atoms with Crippen LogP contribution in [0.25, 0.3) is 0 Å². The molecule has 0 aromatic carbocycles. The van der Waals surface area contributed by atoms with Crippen LogP contribution in [0, 0.1) is 5.92 Å². The maximum Gasteiger partial charge on any atom is 0.404 e. The number of carbonyl (C=O) groups is 2. The molecule has 0 fully saturated rings. The number of primary amides is 2. The summed E-state index contributed by atoms with van der Waals surface area (Å²) in [6.07, 6.45) is -0.745. The lowest BCUT2D eigenvalue weighted by molar-refractivity contribution is -0.120. The van der Waals surface area contributed by atoms with Crippen LogP contribution in [-0.2, 0) is 9.53 Å². The van der Waals surface area contributed by atoms with Crippen LogP contribution in [0.5, 0.6) is 0 Å². The zero-order valence-corrected chi connectivity index (χ0v) is 6.96. The van der Waals surface area contributed by atoms with Crippen molar-refractivity contribution in [1.82, 2.24) is 0 Å². The van der Waals surface area contributed by atoms with Crippen molar-refractivity contribution >= 4 is 12.0 Å². The van der Waals surface area contributed by atoms with Crippen LogP contribution in [0.1, 0.15) is 13.8 Å². The van der Waals surface area contributed by atoms with E-state index in [1.165, 1.54) is 7.11 Å². The molecule has 5 heteroatoms. The maximum absolute atomic E-state index is 9.92. The number of rotatable bonds is 1. The third-order valence-electron chi connectivity index (χ3n) is 0.770. The number of methoxy groups -OCH3 is 1.